The summed E-state index contributed by atoms with van der Waals surface area (Å²) < 4.78 is 0. The Hall–Kier alpha value is -0.510. The average Bonchev–Trinajstić information content (AvgIpc) is 3.07. The molecule has 0 amide bonds. The SMILES string of the molecule is CNC(C1CC1)C(O)c1ccc2c(c1)SCC2. The molecule has 2 nitrogen and oxygen atoms in total. The van der Waals surface area contributed by atoms with Crippen LogP contribution in [0.3, 0.4) is 0 Å². The first-order chi connectivity index (χ1) is 8.29. The summed E-state index contributed by atoms with van der Waals surface area (Å²) in [7, 11) is 1.95. The van der Waals surface area contributed by atoms with Gasteiger partial charge in [0.15, 0.2) is 0 Å². The van der Waals surface area contributed by atoms with E-state index in [1.807, 2.05) is 18.8 Å². The van der Waals surface area contributed by atoms with Crippen molar-refractivity contribution >= 4 is 11.8 Å². The zero-order valence-electron chi connectivity index (χ0n) is 10.1. The largest absolute Gasteiger partial charge is 0.387 e. The van der Waals surface area contributed by atoms with Crippen LogP contribution in [-0.4, -0.2) is 23.9 Å². The van der Waals surface area contributed by atoms with Crippen molar-refractivity contribution in [1.82, 2.24) is 5.32 Å². The fourth-order valence-electron chi connectivity index (χ4n) is 2.68. The number of thioether (sulfide) groups is 1. The van der Waals surface area contributed by atoms with Crippen LogP contribution in [0.2, 0.25) is 0 Å². The first-order valence-corrected chi connectivity index (χ1v) is 7.39. The maximum Gasteiger partial charge on any atom is 0.0945 e. The molecule has 0 spiro atoms. The molecule has 92 valence electrons. The average molecular weight is 249 g/mol. The fraction of sp³-hybridized carbons (Fsp3) is 0.571. The van der Waals surface area contributed by atoms with E-state index in [9.17, 15) is 5.11 Å². The monoisotopic (exact) mass is 249 g/mol. The number of aliphatic hydroxyl groups is 1. The molecule has 3 heteroatoms. The summed E-state index contributed by atoms with van der Waals surface area (Å²) in [5.41, 5.74) is 2.52. The highest BCUT2D eigenvalue weighted by Gasteiger charge is 2.35. The van der Waals surface area contributed by atoms with E-state index in [2.05, 4.69) is 23.5 Å². The van der Waals surface area contributed by atoms with Gasteiger partial charge in [-0.05, 0) is 49.4 Å². The molecule has 1 aromatic rings. The van der Waals surface area contributed by atoms with E-state index in [0.717, 1.165) is 5.56 Å². The standard InChI is InChI=1S/C14H19NOS/c1-15-13(10-3-4-10)14(16)11-5-2-9-6-7-17-12(9)8-11/h2,5,8,10,13-16H,3-4,6-7H2,1H3. The first kappa shape index (κ1) is 11.6. The third kappa shape index (κ3) is 2.24. The van der Waals surface area contributed by atoms with Gasteiger partial charge in [-0.1, -0.05) is 12.1 Å². The number of rotatable bonds is 4. The Morgan fingerprint density at radius 1 is 1.41 bits per heavy atom. The van der Waals surface area contributed by atoms with Crippen LogP contribution < -0.4 is 5.32 Å². The number of benzene rings is 1. The molecule has 1 aromatic carbocycles. The van der Waals surface area contributed by atoms with E-state index in [1.165, 1.54) is 35.5 Å². The number of nitrogens with one attached hydrogen (secondary N) is 1. The molecule has 0 aromatic heterocycles. The Labute approximate surface area is 107 Å². The van der Waals surface area contributed by atoms with Gasteiger partial charge >= 0.3 is 0 Å². The molecule has 2 aliphatic rings. The van der Waals surface area contributed by atoms with Gasteiger partial charge in [-0.2, -0.15) is 0 Å². The highest BCUT2D eigenvalue weighted by Crippen LogP contribution is 2.39. The molecule has 1 saturated carbocycles. The minimum absolute atomic E-state index is 0.222. The van der Waals surface area contributed by atoms with Gasteiger partial charge in [-0.15, -0.1) is 11.8 Å². The minimum atomic E-state index is -0.362. The molecular formula is C14H19NOS. The van der Waals surface area contributed by atoms with Crippen molar-refractivity contribution in [1.29, 1.82) is 0 Å². The molecule has 3 rings (SSSR count). The van der Waals surface area contributed by atoms with Crippen LogP contribution in [0.1, 0.15) is 30.1 Å². The zero-order chi connectivity index (χ0) is 11.8. The quantitative estimate of drug-likeness (QED) is 0.859. The summed E-state index contributed by atoms with van der Waals surface area (Å²) >= 11 is 1.91. The number of hydrogen-bond acceptors (Lipinski definition) is 3. The van der Waals surface area contributed by atoms with Gasteiger partial charge in [0, 0.05) is 16.7 Å². The lowest BCUT2D eigenvalue weighted by Gasteiger charge is -2.23. The molecule has 1 aliphatic heterocycles. The molecule has 1 aliphatic carbocycles. The highest BCUT2D eigenvalue weighted by molar-refractivity contribution is 7.99. The van der Waals surface area contributed by atoms with E-state index in [1.54, 1.807) is 0 Å². The summed E-state index contributed by atoms with van der Waals surface area (Å²) in [5, 5.41) is 13.7. The maximum absolute atomic E-state index is 10.5. The molecule has 2 atom stereocenters. The minimum Gasteiger partial charge on any atom is -0.387 e. The van der Waals surface area contributed by atoms with Gasteiger partial charge < -0.3 is 10.4 Å². The Morgan fingerprint density at radius 3 is 2.94 bits per heavy atom. The van der Waals surface area contributed by atoms with Crippen molar-refractivity contribution in [3.63, 3.8) is 0 Å². The second-order valence-electron chi connectivity index (χ2n) is 5.06. The lowest BCUT2D eigenvalue weighted by Crippen LogP contribution is -2.34. The third-order valence-corrected chi connectivity index (χ3v) is 4.96. The summed E-state index contributed by atoms with van der Waals surface area (Å²) in [6, 6.07) is 6.69. The molecule has 1 fully saturated rings. The Morgan fingerprint density at radius 2 is 2.24 bits per heavy atom. The van der Waals surface area contributed by atoms with Gasteiger partial charge in [-0.3, -0.25) is 0 Å². The van der Waals surface area contributed by atoms with Crippen molar-refractivity contribution in [2.24, 2.45) is 5.92 Å². The summed E-state index contributed by atoms with van der Waals surface area (Å²) in [4.78, 5) is 1.37. The van der Waals surface area contributed by atoms with Crippen LogP contribution >= 0.6 is 11.8 Å². The van der Waals surface area contributed by atoms with Crippen molar-refractivity contribution in [2.45, 2.75) is 36.3 Å². The van der Waals surface area contributed by atoms with Gasteiger partial charge in [0.1, 0.15) is 0 Å². The van der Waals surface area contributed by atoms with Crippen LogP contribution in [0.5, 0.6) is 0 Å². The maximum atomic E-state index is 10.5. The fourth-order valence-corrected chi connectivity index (χ4v) is 3.80. The molecule has 2 N–H and O–H groups in total. The molecular weight excluding hydrogens is 230 g/mol. The van der Waals surface area contributed by atoms with Crippen LogP contribution in [-0.2, 0) is 6.42 Å². The lowest BCUT2D eigenvalue weighted by atomic mass is 9.97. The van der Waals surface area contributed by atoms with Gasteiger partial charge in [0.05, 0.1) is 6.10 Å². The predicted molar refractivity (Wildman–Crippen MR) is 71.4 cm³/mol. The number of fused-ring (bicyclic) bond motifs is 1. The summed E-state index contributed by atoms with van der Waals surface area (Å²) in [6.07, 6.45) is 3.32. The van der Waals surface area contributed by atoms with Crippen LogP contribution in [0.25, 0.3) is 0 Å². The first-order valence-electron chi connectivity index (χ1n) is 6.40. The smallest absolute Gasteiger partial charge is 0.0945 e. The number of aryl methyl sites for hydroxylation is 1. The van der Waals surface area contributed by atoms with Crippen LogP contribution in [0.15, 0.2) is 23.1 Å². The molecule has 0 radical (unpaired) electrons. The van der Waals surface area contributed by atoms with Crippen molar-refractivity contribution in [2.75, 3.05) is 12.8 Å². The second kappa shape index (κ2) is 4.63. The van der Waals surface area contributed by atoms with Gasteiger partial charge in [-0.25, -0.2) is 0 Å². The number of likely N-dealkylation sites (N-methyl/N-ethyl adjacent to an activating group) is 1. The Kier molecular flexibility index (Phi) is 3.16. The zero-order valence-corrected chi connectivity index (χ0v) is 11.0. The van der Waals surface area contributed by atoms with E-state index >= 15 is 0 Å². The third-order valence-electron chi connectivity index (χ3n) is 3.87. The Balaban J connectivity index is 1.82. The molecule has 0 saturated heterocycles. The number of aliphatic hydroxyl groups excluding tert-OH is 1. The lowest BCUT2D eigenvalue weighted by molar-refractivity contribution is 0.121. The molecule has 17 heavy (non-hydrogen) atoms. The summed E-state index contributed by atoms with van der Waals surface area (Å²) in [6.45, 7) is 0. The van der Waals surface area contributed by atoms with E-state index in [-0.39, 0.29) is 12.1 Å². The Bertz CT molecular complexity index is 417. The van der Waals surface area contributed by atoms with E-state index in [4.69, 9.17) is 0 Å². The van der Waals surface area contributed by atoms with E-state index in [0.29, 0.717) is 5.92 Å². The summed E-state index contributed by atoms with van der Waals surface area (Å²) in [5.74, 6) is 1.85. The topological polar surface area (TPSA) is 32.3 Å². The number of hydrogen-bond donors (Lipinski definition) is 2. The molecule has 2 unspecified atom stereocenters. The normalized spacial score (nSPS) is 22.2. The molecule has 1 heterocycles. The van der Waals surface area contributed by atoms with Crippen LogP contribution in [0.4, 0.5) is 0 Å². The second-order valence-corrected chi connectivity index (χ2v) is 6.20. The van der Waals surface area contributed by atoms with Crippen molar-refractivity contribution in [3.8, 4) is 0 Å². The van der Waals surface area contributed by atoms with Crippen molar-refractivity contribution in [3.05, 3.63) is 29.3 Å². The van der Waals surface area contributed by atoms with E-state index < -0.39 is 0 Å². The van der Waals surface area contributed by atoms with Gasteiger partial charge in [0.25, 0.3) is 0 Å². The van der Waals surface area contributed by atoms with Crippen molar-refractivity contribution < 1.29 is 5.11 Å². The van der Waals surface area contributed by atoms with Gasteiger partial charge in [0.2, 0.25) is 0 Å². The highest BCUT2D eigenvalue weighted by atomic mass is 32.2. The van der Waals surface area contributed by atoms with Crippen LogP contribution in [0, 0.1) is 5.92 Å². The molecule has 0 bridgehead atoms. The predicted octanol–water partition coefficient (Wildman–Crippen LogP) is 2.37.